The van der Waals surface area contributed by atoms with E-state index < -0.39 is 10.8 Å². The molecular formula is C21H21N5O5S. The lowest BCUT2D eigenvalue weighted by molar-refractivity contribution is -0.111. The average Bonchev–Trinajstić information content (AvgIpc) is 3.07. The fourth-order valence-corrected chi connectivity index (χ4v) is 4.32. The Hall–Kier alpha value is -3.80. The number of methoxy groups -OCH3 is 1. The third-order valence-electron chi connectivity index (χ3n) is 4.44. The summed E-state index contributed by atoms with van der Waals surface area (Å²) in [4.78, 5) is 20.1. The average molecular weight is 455 g/mol. The van der Waals surface area contributed by atoms with Crippen molar-refractivity contribution in [1.82, 2.24) is 9.97 Å². The van der Waals surface area contributed by atoms with Gasteiger partial charge in [0.1, 0.15) is 5.75 Å². The summed E-state index contributed by atoms with van der Waals surface area (Å²) in [6.45, 7) is 3.43. The van der Waals surface area contributed by atoms with Crippen LogP contribution in [-0.4, -0.2) is 32.1 Å². The van der Waals surface area contributed by atoms with Crippen molar-refractivity contribution >= 4 is 39.7 Å². The number of benzene rings is 2. The Morgan fingerprint density at radius 2 is 2.09 bits per heavy atom. The van der Waals surface area contributed by atoms with Gasteiger partial charge < -0.3 is 20.1 Å². The highest BCUT2D eigenvalue weighted by Crippen LogP contribution is 2.51. The number of hydrogen-bond acceptors (Lipinski definition) is 9. The number of carbonyl (C=O) groups is 1. The Labute approximate surface area is 185 Å². The van der Waals surface area contributed by atoms with Crippen LogP contribution in [0.5, 0.6) is 17.4 Å². The topological polar surface area (TPSA) is 138 Å². The van der Waals surface area contributed by atoms with E-state index in [0.29, 0.717) is 28.6 Å². The summed E-state index contributed by atoms with van der Waals surface area (Å²) in [6, 6.07) is 12.1. The highest BCUT2D eigenvalue weighted by Gasteiger charge is 2.24. The van der Waals surface area contributed by atoms with Crippen molar-refractivity contribution in [2.24, 2.45) is 0 Å². The van der Waals surface area contributed by atoms with Crippen molar-refractivity contribution in [2.45, 2.75) is 5.75 Å². The van der Waals surface area contributed by atoms with Crippen molar-refractivity contribution in [2.75, 3.05) is 22.5 Å². The second kappa shape index (κ2) is 8.75. The van der Waals surface area contributed by atoms with Crippen LogP contribution >= 0.6 is 10.8 Å². The normalized spacial score (nSPS) is 14.5. The molecule has 5 N–H and O–H groups in total. The zero-order chi connectivity index (χ0) is 22.7. The molecule has 166 valence electrons. The van der Waals surface area contributed by atoms with Crippen LogP contribution in [0.4, 0.5) is 23.0 Å². The van der Waals surface area contributed by atoms with Crippen LogP contribution in [0.3, 0.4) is 0 Å². The maximum absolute atomic E-state index is 11.5. The molecule has 1 aliphatic heterocycles. The molecule has 1 aliphatic rings. The van der Waals surface area contributed by atoms with Gasteiger partial charge in [-0.25, -0.2) is 4.98 Å². The first-order chi connectivity index (χ1) is 15.3. The van der Waals surface area contributed by atoms with Gasteiger partial charge in [0.25, 0.3) is 5.88 Å². The van der Waals surface area contributed by atoms with Crippen molar-refractivity contribution in [3.05, 3.63) is 66.9 Å². The molecule has 11 heteroatoms. The molecule has 2 heterocycles. The fraction of sp³-hybridized carbons (Fsp3) is 0.0952. The van der Waals surface area contributed by atoms with E-state index in [1.807, 2.05) is 0 Å². The Morgan fingerprint density at radius 1 is 1.25 bits per heavy atom. The number of nitrogens with zero attached hydrogens (tertiary/aromatic N) is 2. The molecule has 0 spiro atoms. The van der Waals surface area contributed by atoms with Crippen molar-refractivity contribution < 1.29 is 23.4 Å². The van der Waals surface area contributed by atoms with E-state index in [0.717, 1.165) is 5.56 Å². The van der Waals surface area contributed by atoms with Crippen molar-refractivity contribution in [3.63, 3.8) is 0 Å². The van der Waals surface area contributed by atoms with E-state index in [1.165, 1.54) is 19.4 Å². The third-order valence-corrected chi connectivity index (χ3v) is 5.70. The molecule has 1 amide bonds. The molecule has 0 saturated carbocycles. The molecule has 1 aromatic heterocycles. The SMILES string of the molecule is C=CC(=O)Nc1cccc(Oc2nc(Nc3ccc4c(c3)CS(O)(O)N4)ncc2OC)c1. The Balaban J connectivity index is 1.54. The highest BCUT2D eigenvalue weighted by atomic mass is 32.3. The molecule has 0 unspecified atom stereocenters. The molecule has 0 radical (unpaired) electrons. The minimum Gasteiger partial charge on any atom is -0.490 e. The summed E-state index contributed by atoms with van der Waals surface area (Å²) in [5.74, 6) is 0.989. The van der Waals surface area contributed by atoms with Crippen LogP contribution in [-0.2, 0) is 10.5 Å². The van der Waals surface area contributed by atoms with Crippen LogP contribution in [0.1, 0.15) is 5.56 Å². The van der Waals surface area contributed by atoms with Gasteiger partial charge in [-0.2, -0.15) is 4.98 Å². The number of ether oxygens (including phenoxy) is 2. The molecule has 4 rings (SSSR count). The van der Waals surface area contributed by atoms with E-state index in [9.17, 15) is 13.9 Å². The predicted molar refractivity (Wildman–Crippen MR) is 124 cm³/mol. The summed E-state index contributed by atoms with van der Waals surface area (Å²) in [5, 5.41) is 5.74. The van der Waals surface area contributed by atoms with Gasteiger partial charge in [0.15, 0.2) is 5.75 Å². The Morgan fingerprint density at radius 3 is 2.88 bits per heavy atom. The van der Waals surface area contributed by atoms with Crippen LogP contribution in [0.15, 0.2) is 61.3 Å². The molecule has 10 nitrogen and oxygen atoms in total. The van der Waals surface area contributed by atoms with E-state index in [2.05, 4.69) is 31.9 Å². The first kappa shape index (κ1) is 21.4. The molecule has 0 bridgehead atoms. The summed E-state index contributed by atoms with van der Waals surface area (Å²) in [5.41, 5.74) is 2.67. The zero-order valence-corrected chi connectivity index (χ0v) is 17.8. The number of aromatic nitrogens is 2. The van der Waals surface area contributed by atoms with Gasteiger partial charge >= 0.3 is 0 Å². The molecule has 0 saturated heterocycles. The van der Waals surface area contributed by atoms with Crippen LogP contribution in [0.25, 0.3) is 0 Å². The highest BCUT2D eigenvalue weighted by molar-refractivity contribution is 8.25. The molecule has 0 atom stereocenters. The summed E-state index contributed by atoms with van der Waals surface area (Å²) >= 11 is 0. The van der Waals surface area contributed by atoms with Crippen molar-refractivity contribution in [3.8, 4) is 17.4 Å². The number of rotatable bonds is 7. The summed E-state index contributed by atoms with van der Waals surface area (Å²) in [7, 11) is -1.36. The molecule has 3 aromatic rings. The molecule has 0 fully saturated rings. The van der Waals surface area contributed by atoms with Crippen LogP contribution in [0, 0.1) is 0 Å². The number of hydrogen-bond donors (Lipinski definition) is 5. The molecular weight excluding hydrogens is 434 g/mol. The van der Waals surface area contributed by atoms with Crippen molar-refractivity contribution in [1.29, 1.82) is 0 Å². The second-order valence-corrected chi connectivity index (χ2v) is 8.63. The first-order valence-electron chi connectivity index (χ1n) is 9.41. The first-order valence-corrected chi connectivity index (χ1v) is 11.1. The summed E-state index contributed by atoms with van der Waals surface area (Å²) < 4.78 is 33.5. The summed E-state index contributed by atoms with van der Waals surface area (Å²) in [6.07, 6.45) is 2.65. The minimum absolute atomic E-state index is 0.133. The zero-order valence-electron chi connectivity index (χ0n) is 17.0. The van der Waals surface area contributed by atoms with E-state index >= 15 is 0 Å². The molecule has 32 heavy (non-hydrogen) atoms. The van der Waals surface area contributed by atoms with Gasteiger partial charge in [-0.15, -0.1) is 10.8 Å². The number of anilines is 4. The van der Waals surface area contributed by atoms with E-state index in [1.54, 1.807) is 42.5 Å². The molecule has 2 aromatic carbocycles. The maximum Gasteiger partial charge on any atom is 0.267 e. The smallest absolute Gasteiger partial charge is 0.267 e. The fourth-order valence-electron chi connectivity index (χ4n) is 3.02. The van der Waals surface area contributed by atoms with Gasteiger partial charge in [-0.05, 0) is 42.0 Å². The third kappa shape index (κ3) is 4.91. The standard InChI is InChI=1S/C21H21N5O5S/c1-3-19(27)23-14-5-4-6-16(10-14)31-20-18(30-2)11-22-21(25-20)24-15-7-8-17-13(9-15)12-32(28,29)26-17/h3-11,26,28-29H,1,12H2,2H3,(H,23,27)(H,22,24,25). The van der Waals surface area contributed by atoms with E-state index in [-0.39, 0.29) is 23.5 Å². The van der Waals surface area contributed by atoms with Crippen LogP contribution < -0.4 is 24.8 Å². The largest absolute Gasteiger partial charge is 0.490 e. The molecule has 0 aliphatic carbocycles. The number of carbonyl (C=O) groups excluding carboxylic acids is 1. The number of nitrogens with one attached hydrogen (secondary N) is 3. The lowest BCUT2D eigenvalue weighted by atomic mass is 10.2. The van der Waals surface area contributed by atoms with E-state index in [4.69, 9.17) is 9.47 Å². The van der Waals surface area contributed by atoms with Gasteiger partial charge in [0.05, 0.1) is 24.7 Å². The number of fused-ring (bicyclic) bond motifs is 1. The maximum atomic E-state index is 11.5. The lowest BCUT2D eigenvalue weighted by Crippen LogP contribution is -2.07. The minimum atomic E-state index is -2.84. The lowest BCUT2D eigenvalue weighted by Gasteiger charge is -2.26. The van der Waals surface area contributed by atoms with Gasteiger partial charge in [-0.1, -0.05) is 12.6 Å². The van der Waals surface area contributed by atoms with Crippen LogP contribution in [0.2, 0.25) is 0 Å². The Bertz CT molecular complexity index is 1190. The van der Waals surface area contributed by atoms with Gasteiger partial charge in [0, 0.05) is 17.4 Å². The second-order valence-electron chi connectivity index (χ2n) is 6.80. The monoisotopic (exact) mass is 455 g/mol. The predicted octanol–water partition coefficient (Wildman–Crippen LogP) is 4.74. The Kier molecular flexibility index (Phi) is 5.86. The van der Waals surface area contributed by atoms with Gasteiger partial charge in [-0.3, -0.25) is 18.6 Å². The van der Waals surface area contributed by atoms with Gasteiger partial charge in [0.2, 0.25) is 11.9 Å². The number of amides is 1. The quantitative estimate of drug-likeness (QED) is 0.320.